The van der Waals surface area contributed by atoms with Crippen molar-refractivity contribution in [1.82, 2.24) is 15.3 Å². The van der Waals surface area contributed by atoms with Gasteiger partial charge in [0, 0.05) is 52.9 Å². The molecule has 0 atom stereocenters. The fourth-order valence-corrected chi connectivity index (χ4v) is 3.77. The summed E-state index contributed by atoms with van der Waals surface area (Å²) in [5.41, 5.74) is 5.93. The van der Waals surface area contributed by atoms with Gasteiger partial charge in [0.05, 0.1) is 11.3 Å². The van der Waals surface area contributed by atoms with E-state index < -0.39 is 18.0 Å². The summed E-state index contributed by atoms with van der Waals surface area (Å²) in [5.74, 6) is -3.53. The SMILES string of the molecule is O=C(Nc1cccc(-c2cc(-c3cc4c([nH]3)CCNC4=O)ccn2)c1)c1ccc(F)cc1.O=C(O)C(F)(F)F. The van der Waals surface area contributed by atoms with E-state index in [0.717, 1.165) is 34.6 Å². The summed E-state index contributed by atoms with van der Waals surface area (Å²) in [6.45, 7) is 0.629. The zero-order valence-electron chi connectivity index (χ0n) is 20.0. The molecule has 0 unspecified atom stereocenters. The number of carbonyl (C=O) groups excluding carboxylic acids is 2. The Kier molecular flexibility index (Phi) is 7.75. The van der Waals surface area contributed by atoms with E-state index in [1.807, 2.05) is 36.4 Å². The van der Waals surface area contributed by atoms with Crippen LogP contribution >= 0.6 is 0 Å². The molecule has 0 saturated heterocycles. The number of H-pyrrole nitrogens is 1. The number of alkyl halides is 3. The molecule has 12 heteroatoms. The summed E-state index contributed by atoms with van der Waals surface area (Å²) < 4.78 is 44.8. The number of nitrogens with zero attached hydrogens (tertiary/aromatic N) is 1. The first kappa shape index (κ1) is 27.0. The van der Waals surface area contributed by atoms with E-state index in [-0.39, 0.29) is 11.8 Å². The molecule has 200 valence electrons. The minimum atomic E-state index is -5.08. The van der Waals surface area contributed by atoms with Crippen LogP contribution in [0.1, 0.15) is 26.4 Å². The van der Waals surface area contributed by atoms with Gasteiger partial charge in [-0.2, -0.15) is 13.2 Å². The lowest BCUT2D eigenvalue weighted by Gasteiger charge is -2.11. The van der Waals surface area contributed by atoms with Crippen LogP contribution in [0.15, 0.2) is 72.9 Å². The molecule has 2 amide bonds. The Morgan fingerprint density at radius 2 is 1.69 bits per heavy atom. The van der Waals surface area contributed by atoms with Crippen molar-refractivity contribution in [3.05, 3.63) is 95.6 Å². The lowest BCUT2D eigenvalue weighted by Crippen LogP contribution is -2.31. The first-order chi connectivity index (χ1) is 18.5. The fourth-order valence-electron chi connectivity index (χ4n) is 3.77. The van der Waals surface area contributed by atoms with E-state index in [2.05, 4.69) is 20.6 Å². The number of nitrogens with one attached hydrogen (secondary N) is 3. The highest BCUT2D eigenvalue weighted by Gasteiger charge is 2.38. The largest absolute Gasteiger partial charge is 0.490 e. The van der Waals surface area contributed by atoms with Crippen LogP contribution in [0.4, 0.5) is 23.2 Å². The average Bonchev–Trinajstić information content (AvgIpc) is 3.35. The molecular weight excluding hydrogens is 520 g/mol. The third-order valence-electron chi connectivity index (χ3n) is 5.64. The molecule has 5 rings (SSSR count). The number of amides is 2. The second kappa shape index (κ2) is 11.2. The number of anilines is 1. The van der Waals surface area contributed by atoms with Crippen LogP contribution in [0.25, 0.3) is 22.5 Å². The lowest BCUT2D eigenvalue weighted by molar-refractivity contribution is -0.192. The van der Waals surface area contributed by atoms with Crippen LogP contribution < -0.4 is 10.6 Å². The monoisotopic (exact) mass is 540 g/mol. The maximum Gasteiger partial charge on any atom is 0.490 e. The molecule has 0 radical (unpaired) electrons. The predicted octanol–water partition coefficient (Wildman–Crippen LogP) is 5.05. The first-order valence-electron chi connectivity index (χ1n) is 11.5. The predicted molar refractivity (Wildman–Crippen MR) is 134 cm³/mol. The van der Waals surface area contributed by atoms with Crippen LogP contribution in [0.3, 0.4) is 0 Å². The van der Waals surface area contributed by atoms with Gasteiger partial charge < -0.3 is 20.7 Å². The highest BCUT2D eigenvalue weighted by Crippen LogP contribution is 2.28. The van der Waals surface area contributed by atoms with Gasteiger partial charge in [-0.15, -0.1) is 0 Å². The van der Waals surface area contributed by atoms with E-state index >= 15 is 0 Å². The van der Waals surface area contributed by atoms with E-state index in [1.54, 1.807) is 12.3 Å². The zero-order valence-corrected chi connectivity index (χ0v) is 20.0. The number of aromatic nitrogens is 2. The standard InChI is InChI=1S/C25H19FN4O2.C2HF3O2/c26-18-6-4-15(5-7-18)24(31)29-19-3-1-2-16(12-19)22-13-17(8-10-27-22)23-14-20-21(30-23)9-11-28-25(20)32;3-2(4,5)1(6)7/h1-8,10,12-14,30H,9,11H2,(H,28,32)(H,29,31);(H,6,7). The number of halogens is 4. The zero-order chi connectivity index (χ0) is 28.2. The molecule has 1 aliphatic heterocycles. The molecule has 4 N–H and O–H groups in total. The smallest absolute Gasteiger partial charge is 0.475 e. The van der Waals surface area contributed by atoms with Crippen molar-refractivity contribution in [2.24, 2.45) is 0 Å². The Balaban J connectivity index is 0.000000448. The Bertz CT molecular complexity index is 1530. The van der Waals surface area contributed by atoms with E-state index in [1.165, 1.54) is 24.3 Å². The number of rotatable bonds is 4. The molecule has 4 aromatic rings. The molecule has 8 nitrogen and oxygen atoms in total. The second-order valence-electron chi connectivity index (χ2n) is 8.36. The van der Waals surface area contributed by atoms with Crippen LogP contribution in [-0.4, -0.2) is 45.6 Å². The molecule has 2 aromatic carbocycles. The third-order valence-corrected chi connectivity index (χ3v) is 5.64. The minimum absolute atomic E-state index is 0.0624. The second-order valence-corrected chi connectivity index (χ2v) is 8.36. The van der Waals surface area contributed by atoms with Gasteiger partial charge in [-0.25, -0.2) is 9.18 Å². The van der Waals surface area contributed by atoms with Gasteiger partial charge in [0.15, 0.2) is 0 Å². The van der Waals surface area contributed by atoms with Crippen molar-refractivity contribution < 1.29 is 37.1 Å². The number of aliphatic carboxylic acids is 1. The molecule has 1 aliphatic rings. The Morgan fingerprint density at radius 3 is 2.36 bits per heavy atom. The number of hydrogen-bond acceptors (Lipinski definition) is 4. The molecule has 3 heterocycles. The summed E-state index contributed by atoms with van der Waals surface area (Å²) in [6.07, 6.45) is -2.59. The lowest BCUT2D eigenvalue weighted by atomic mass is 10.1. The molecule has 0 spiro atoms. The van der Waals surface area contributed by atoms with E-state index in [0.29, 0.717) is 23.4 Å². The van der Waals surface area contributed by atoms with Gasteiger partial charge in [-0.05, 0) is 54.6 Å². The maximum atomic E-state index is 13.1. The van der Waals surface area contributed by atoms with E-state index in [4.69, 9.17) is 9.90 Å². The first-order valence-corrected chi connectivity index (χ1v) is 11.5. The van der Waals surface area contributed by atoms with Gasteiger partial charge >= 0.3 is 12.1 Å². The number of carboxylic acids is 1. The molecular formula is C27H20F4N4O4. The highest BCUT2D eigenvalue weighted by atomic mass is 19.4. The molecule has 0 bridgehead atoms. The summed E-state index contributed by atoms with van der Waals surface area (Å²) in [4.78, 5) is 41.2. The number of pyridine rings is 1. The number of aromatic amines is 1. The molecule has 0 aliphatic carbocycles. The molecule has 39 heavy (non-hydrogen) atoms. The van der Waals surface area contributed by atoms with Gasteiger partial charge in [0.1, 0.15) is 5.82 Å². The summed E-state index contributed by atoms with van der Waals surface area (Å²) in [7, 11) is 0. The Labute approximate surface area is 218 Å². The van der Waals surface area contributed by atoms with Crippen LogP contribution in [-0.2, 0) is 11.2 Å². The molecule has 2 aromatic heterocycles. The normalized spacial score (nSPS) is 12.5. The van der Waals surface area contributed by atoms with Gasteiger partial charge in [-0.1, -0.05) is 12.1 Å². The van der Waals surface area contributed by atoms with Crippen LogP contribution in [0.2, 0.25) is 0 Å². The number of benzene rings is 2. The quantitative estimate of drug-likeness (QED) is 0.270. The van der Waals surface area contributed by atoms with Crippen molar-refractivity contribution in [2.45, 2.75) is 12.6 Å². The summed E-state index contributed by atoms with van der Waals surface area (Å²) >= 11 is 0. The average molecular weight is 540 g/mol. The van der Waals surface area contributed by atoms with Gasteiger partial charge in [0.2, 0.25) is 0 Å². The van der Waals surface area contributed by atoms with Crippen LogP contribution in [0.5, 0.6) is 0 Å². The van der Waals surface area contributed by atoms with Crippen molar-refractivity contribution in [1.29, 1.82) is 0 Å². The van der Waals surface area contributed by atoms with Gasteiger partial charge in [-0.3, -0.25) is 14.6 Å². The fraction of sp³-hybridized carbons (Fsp3) is 0.111. The molecule has 0 saturated carbocycles. The summed E-state index contributed by atoms with van der Waals surface area (Å²) in [6, 6.07) is 18.4. The molecule has 0 fully saturated rings. The van der Waals surface area contributed by atoms with Crippen molar-refractivity contribution in [3.63, 3.8) is 0 Å². The highest BCUT2D eigenvalue weighted by molar-refractivity contribution is 6.04. The van der Waals surface area contributed by atoms with Crippen molar-refractivity contribution in [2.75, 3.05) is 11.9 Å². The maximum absolute atomic E-state index is 13.1. The minimum Gasteiger partial charge on any atom is -0.475 e. The van der Waals surface area contributed by atoms with Crippen molar-refractivity contribution >= 4 is 23.5 Å². The van der Waals surface area contributed by atoms with E-state index in [9.17, 15) is 27.2 Å². The summed E-state index contributed by atoms with van der Waals surface area (Å²) in [5, 5.41) is 12.8. The van der Waals surface area contributed by atoms with Crippen LogP contribution in [0, 0.1) is 5.82 Å². The Morgan fingerprint density at radius 1 is 0.974 bits per heavy atom. The number of hydrogen-bond donors (Lipinski definition) is 4. The number of carbonyl (C=O) groups is 3. The number of fused-ring (bicyclic) bond motifs is 1. The Hall–Kier alpha value is -5.00. The van der Waals surface area contributed by atoms with Crippen molar-refractivity contribution in [3.8, 4) is 22.5 Å². The third kappa shape index (κ3) is 6.66. The van der Waals surface area contributed by atoms with Gasteiger partial charge in [0.25, 0.3) is 11.8 Å². The topological polar surface area (TPSA) is 124 Å². The number of carboxylic acid groups (broad SMARTS) is 1.